The largest absolute Gasteiger partial charge is 0.378 e. The second-order valence-electron chi connectivity index (χ2n) is 10.8. The fourth-order valence-electron chi connectivity index (χ4n) is 4.55. The smallest absolute Gasteiger partial charge is 0.169 e. The first-order chi connectivity index (χ1) is 19.5. The van der Waals surface area contributed by atoms with Gasteiger partial charge in [-0.2, -0.15) is 0 Å². The Labute approximate surface area is 255 Å². The summed E-state index contributed by atoms with van der Waals surface area (Å²) in [6.45, 7) is 2.14. The molecule has 0 fully saturated rings. The molecule has 0 saturated carbocycles. The first-order valence-electron chi connectivity index (χ1n) is 14.4. The minimum absolute atomic E-state index is 0. The lowest BCUT2D eigenvalue weighted by molar-refractivity contribution is -0.698. The van der Waals surface area contributed by atoms with Gasteiger partial charge in [-0.1, -0.05) is 63.4 Å². The van der Waals surface area contributed by atoms with E-state index in [4.69, 9.17) is 0 Å². The molecule has 0 aliphatic rings. The summed E-state index contributed by atoms with van der Waals surface area (Å²) in [6, 6.07) is 26.0. The molecule has 4 heteroatoms. The fraction of sp³-hybridized carbons (Fsp3) is 0.316. The molecular formula is C38H52N4+2. The van der Waals surface area contributed by atoms with Gasteiger partial charge in [-0.3, -0.25) is 0 Å². The number of aromatic nitrogens is 2. The Balaban J connectivity index is 0.00000308. The summed E-state index contributed by atoms with van der Waals surface area (Å²) < 4.78 is 4.58. The molecule has 222 valence electrons. The third-order valence-electron chi connectivity index (χ3n) is 7.17. The standard InChI is InChI=1S/C36H44N4.2CH4/c1-37(2)35-17-13-31(14-18-35)9-11-33-21-27-39(28-22-33)25-7-5-6-8-26-40-29-23-34(24-30-40)12-10-32-15-19-36(20-16-32)38(3)4;;/h9-24,27-30H,5-8,25-26H2,1-4H3;2*1H4/q+2;;. The number of rotatable bonds is 13. The lowest BCUT2D eigenvalue weighted by Crippen LogP contribution is -2.33. The second kappa shape index (κ2) is 17.6. The van der Waals surface area contributed by atoms with E-state index in [1.54, 1.807) is 0 Å². The molecule has 0 saturated heterocycles. The summed E-state index contributed by atoms with van der Waals surface area (Å²) in [5.41, 5.74) is 7.33. The molecule has 0 aliphatic heterocycles. The van der Waals surface area contributed by atoms with Gasteiger partial charge in [0.25, 0.3) is 0 Å². The van der Waals surface area contributed by atoms with Crippen molar-refractivity contribution in [2.45, 2.75) is 53.6 Å². The molecule has 4 aromatic rings. The molecule has 2 aromatic carbocycles. The van der Waals surface area contributed by atoms with E-state index in [0.29, 0.717) is 0 Å². The number of benzene rings is 2. The number of nitrogens with zero attached hydrogens (tertiary/aromatic N) is 4. The van der Waals surface area contributed by atoms with Gasteiger partial charge in [0.15, 0.2) is 24.8 Å². The third kappa shape index (κ3) is 11.0. The predicted molar refractivity (Wildman–Crippen MR) is 185 cm³/mol. The van der Waals surface area contributed by atoms with Crippen LogP contribution in [0.25, 0.3) is 24.3 Å². The summed E-state index contributed by atoms with van der Waals surface area (Å²) in [7, 11) is 8.26. The van der Waals surface area contributed by atoms with Crippen molar-refractivity contribution in [3.63, 3.8) is 0 Å². The summed E-state index contributed by atoms with van der Waals surface area (Å²) in [5, 5.41) is 0. The van der Waals surface area contributed by atoms with Crippen molar-refractivity contribution < 1.29 is 9.13 Å². The topological polar surface area (TPSA) is 14.2 Å². The van der Waals surface area contributed by atoms with Crippen LogP contribution in [-0.4, -0.2) is 28.2 Å². The van der Waals surface area contributed by atoms with Crippen molar-refractivity contribution in [3.05, 3.63) is 120 Å². The Bertz CT molecular complexity index is 1240. The number of aryl methyl sites for hydroxylation is 2. The van der Waals surface area contributed by atoms with Crippen LogP contribution in [0.2, 0.25) is 0 Å². The van der Waals surface area contributed by atoms with Crippen LogP contribution in [0, 0.1) is 0 Å². The van der Waals surface area contributed by atoms with Gasteiger partial charge in [0.05, 0.1) is 0 Å². The summed E-state index contributed by atoms with van der Waals surface area (Å²) >= 11 is 0. The van der Waals surface area contributed by atoms with E-state index in [-0.39, 0.29) is 14.9 Å². The highest BCUT2D eigenvalue weighted by Crippen LogP contribution is 2.15. The highest BCUT2D eigenvalue weighted by molar-refractivity contribution is 5.71. The lowest BCUT2D eigenvalue weighted by atomic mass is 10.1. The van der Waals surface area contributed by atoms with Crippen molar-refractivity contribution in [1.29, 1.82) is 0 Å². The van der Waals surface area contributed by atoms with Crippen molar-refractivity contribution in [2.75, 3.05) is 38.0 Å². The molecule has 0 aliphatic carbocycles. The molecule has 4 rings (SSSR count). The lowest BCUT2D eigenvalue weighted by Gasteiger charge is -2.11. The van der Waals surface area contributed by atoms with Crippen LogP contribution in [0.4, 0.5) is 11.4 Å². The Hall–Kier alpha value is -4.18. The first kappa shape index (κ1) is 34.0. The molecule has 0 spiro atoms. The third-order valence-corrected chi connectivity index (χ3v) is 7.17. The molecule has 42 heavy (non-hydrogen) atoms. The Morgan fingerprint density at radius 3 is 1.00 bits per heavy atom. The number of pyridine rings is 2. The zero-order valence-corrected chi connectivity index (χ0v) is 24.6. The van der Waals surface area contributed by atoms with E-state index in [1.165, 1.54) is 59.3 Å². The second-order valence-corrected chi connectivity index (χ2v) is 10.8. The minimum Gasteiger partial charge on any atom is -0.378 e. The first-order valence-corrected chi connectivity index (χ1v) is 14.4. The molecule has 2 aromatic heterocycles. The van der Waals surface area contributed by atoms with Gasteiger partial charge in [-0.15, -0.1) is 0 Å². The van der Waals surface area contributed by atoms with Crippen molar-refractivity contribution in [2.24, 2.45) is 0 Å². The van der Waals surface area contributed by atoms with Crippen LogP contribution in [0.15, 0.2) is 97.6 Å². The molecule has 0 amide bonds. The van der Waals surface area contributed by atoms with Gasteiger partial charge in [-0.05, 0) is 59.4 Å². The van der Waals surface area contributed by atoms with Gasteiger partial charge in [0.1, 0.15) is 13.1 Å². The normalized spacial score (nSPS) is 10.9. The maximum atomic E-state index is 2.29. The van der Waals surface area contributed by atoms with E-state index in [1.807, 2.05) is 0 Å². The van der Waals surface area contributed by atoms with Gasteiger partial charge in [-0.25, -0.2) is 9.13 Å². The average Bonchev–Trinajstić information content (AvgIpc) is 2.98. The van der Waals surface area contributed by atoms with Crippen molar-refractivity contribution in [1.82, 2.24) is 0 Å². The van der Waals surface area contributed by atoms with Crippen molar-refractivity contribution >= 4 is 35.7 Å². The van der Waals surface area contributed by atoms with Gasteiger partial charge < -0.3 is 9.80 Å². The predicted octanol–water partition coefficient (Wildman–Crippen LogP) is 8.27. The van der Waals surface area contributed by atoms with Gasteiger partial charge in [0.2, 0.25) is 0 Å². The molecule has 4 nitrogen and oxygen atoms in total. The van der Waals surface area contributed by atoms with Gasteiger partial charge >= 0.3 is 0 Å². The Kier molecular flexibility index (Phi) is 14.3. The van der Waals surface area contributed by atoms with Crippen LogP contribution in [0.1, 0.15) is 62.8 Å². The van der Waals surface area contributed by atoms with Crippen LogP contribution >= 0.6 is 0 Å². The average molecular weight is 565 g/mol. The monoisotopic (exact) mass is 564 g/mol. The van der Waals surface area contributed by atoms with Gasteiger partial charge in [0, 0.05) is 76.7 Å². The van der Waals surface area contributed by atoms with Crippen molar-refractivity contribution in [3.8, 4) is 0 Å². The van der Waals surface area contributed by atoms with E-state index in [0.717, 1.165) is 13.1 Å². The van der Waals surface area contributed by atoms with Crippen LogP contribution < -0.4 is 18.9 Å². The molecule has 0 bridgehead atoms. The number of hydrogen-bond donors (Lipinski definition) is 0. The molecule has 0 N–H and O–H groups in total. The molecule has 2 heterocycles. The Morgan fingerprint density at radius 2 is 0.714 bits per heavy atom. The zero-order valence-electron chi connectivity index (χ0n) is 24.6. The number of anilines is 2. The highest BCUT2D eigenvalue weighted by atomic mass is 15.1. The Morgan fingerprint density at radius 1 is 0.429 bits per heavy atom. The van der Waals surface area contributed by atoms with Crippen LogP contribution in [0.3, 0.4) is 0 Å². The summed E-state index contributed by atoms with van der Waals surface area (Å²) in [5.74, 6) is 0. The quantitative estimate of drug-likeness (QED) is 0.120. The highest BCUT2D eigenvalue weighted by Gasteiger charge is 2.03. The fourth-order valence-corrected chi connectivity index (χ4v) is 4.55. The summed E-state index contributed by atoms with van der Waals surface area (Å²) in [4.78, 5) is 4.24. The maximum Gasteiger partial charge on any atom is 0.169 e. The molecule has 0 radical (unpaired) electrons. The maximum absolute atomic E-state index is 2.29. The van der Waals surface area contributed by atoms with E-state index in [9.17, 15) is 0 Å². The van der Waals surface area contributed by atoms with Crippen LogP contribution in [-0.2, 0) is 13.1 Å². The summed E-state index contributed by atoms with van der Waals surface area (Å²) in [6.07, 6.45) is 22.4. The SMILES string of the molecule is C.C.CN(C)c1ccc(/C=C/c2cc[n+](CCCCCC[n+]3ccc(/C=C/c4ccc(N(C)C)cc4)cc3)cc2)cc1. The molecule has 0 unspecified atom stereocenters. The number of unbranched alkanes of at least 4 members (excludes halogenated alkanes) is 3. The number of hydrogen-bond acceptors (Lipinski definition) is 2. The molecular weight excluding hydrogens is 512 g/mol. The minimum atomic E-state index is 0. The van der Waals surface area contributed by atoms with E-state index in [2.05, 4.69) is 169 Å². The van der Waals surface area contributed by atoms with E-state index < -0.39 is 0 Å². The molecule has 0 atom stereocenters. The zero-order chi connectivity index (χ0) is 28.2. The van der Waals surface area contributed by atoms with Crippen LogP contribution in [0.5, 0.6) is 0 Å². The van der Waals surface area contributed by atoms with E-state index >= 15 is 0 Å².